The van der Waals surface area contributed by atoms with Gasteiger partial charge in [0.25, 0.3) is 0 Å². The first-order valence-corrected chi connectivity index (χ1v) is 11.2. The predicted octanol–water partition coefficient (Wildman–Crippen LogP) is 5.60. The average molecular weight is 458 g/mol. The van der Waals surface area contributed by atoms with Gasteiger partial charge in [-0.15, -0.1) is 0 Å². The zero-order chi connectivity index (χ0) is 24.1. The van der Waals surface area contributed by atoms with Gasteiger partial charge < -0.3 is 23.8 Å². The minimum atomic E-state index is -0.347. The highest BCUT2D eigenvalue weighted by molar-refractivity contribution is 5.90. The lowest BCUT2D eigenvalue weighted by Crippen LogP contribution is -2.24. The van der Waals surface area contributed by atoms with E-state index in [0.717, 1.165) is 47.2 Å². The second-order valence-corrected chi connectivity index (χ2v) is 8.00. The van der Waals surface area contributed by atoms with Gasteiger partial charge in [0.2, 0.25) is 0 Å². The predicted molar refractivity (Wildman–Crippen MR) is 130 cm³/mol. The van der Waals surface area contributed by atoms with Crippen LogP contribution in [0.3, 0.4) is 0 Å². The molecular weight excluding hydrogens is 424 g/mol. The molecule has 178 valence electrons. The molecule has 0 aliphatic carbocycles. The van der Waals surface area contributed by atoms with Gasteiger partial charge in [-0.05, 0) is 51.2 Å². The van der Waals surface area contributed by atoms with Gasteiger partial charge in [-0.25, -0.2) is 8.78 Å². The number of rotatable bonds is 11. The number of benzene rings is 2. The van der Waals surface area contributed by atoms with Crippen molar-refractivity contribution in [3.63, 3.8) is 0 Å². The molecule has 1 heterocycles. The number of aromatic nitrogens is 1. The van der Waals surface area contributed by atoms with Crippen molar-refractivity contribution >= 4 is 16.6 Å². The Morgan fingerprint density at radius 2 is 1.70 bits per heavy atom. The van der Waals surface area contributed by atoms with E-state index in [0.29, 0.717) is 24.6 Å². The van der Waals surface area contributed by atoms with E-state index in [1.165, 1.54) is 18.2 Å². The minimum Gasteiger partial charge on any atom is -0.496 e. The molecular formula is C26H33F2N3O2. The lowest BCUT2D eigenvalue weighted by Gasteiger charge is -2.26. The largest absolute Gasteiger partial charge is 0.496 e. The van der Waals surface area contributed by atoms with Crippen LogP contribution in [0.1, 0.15) is 25.0 Å². The highest BCUT2D eigenvalue weighted by atomic mass is 19.1. The van der Waals surface area contributed by atoms with E-state index >= 15 is 0 Å². The van der Waals surface area contributed by atoms with Gasteiger partial charge >= 0.3 is 0 Å². The standard InChI is InChI=1S/C26H33F2N3O2/c1-7-30(8-2)22-12-19(27)14-24(32-5)21(22)17-29(4)11-10-18-16-31(9-3)23-13-20(28)15-25(33-6)26(18)23/h7,12-16H,1,8-11,17H2,2-6H3. The second kappa shape index (κ2) is 10.7. The molecule has 0 N–H and O–H groups in total. The first-order valence-electron chi connectivity index (χ1n) is 11.2. The van der Waals surface area contributed by atoms with Crippen LogP contribution < -0.4 is 14.4 Å². The van der Waals surface area contributed by atoms with Gasteiger partial charge in [0.05, 0.1) is 25.4 Å². The molecule has 0 saturated heterocycles. The Hall–Kier alpha value is -3.06. The molecule has 0 aliphatic rings. The van der Waals surface area contributed by atoms with Gasteiger partial charge in [-0.3, -0.25) is 0 Å². The number of halogens is 2. The molecule has 0 amide bonds. The molecule has 0 radical (unpaired) electrons. The number of hydrogen-bond acceptors (Lipinski definition) is 4. The van der Waals surface area contributed by atoms with E-state index in [1.54, 1.807) is 26.5 Å². The molecule has 33 heavy (non-hydrogen) atoms. The van der Waals surface area contributed by atoms with Crippen LogP contribution in [0, 0.1) is 11.6 Å². The topological polar surface area (TPSA) is 29.9 Å². The highest BCUT2D eigenvalue weighted by Gasteiger charge is 2.19. The van der Waals surface area contributed by atoms with E-state index < -0.39 is 0 Å². The Kier molecular flexibility index (Phi) is 7.97. The van der Waals surface area contributed by atoms with Crippen molar-refractivity contribution in [1.29, 1.82) is 0 Å². The summed E-state index contributed by atoms with van der Waals surface area (Å²) in [5, 5.41) is 0.943. The van der Waals surface area contributed by atoms with Crippen LogP contribution in [0.5, 0.6) is 11.5 Å². The van der Waals surface area contributed by atoms with E-state index in [4.69, 9.17) is 9.47 Å². The van der Waals surface area contributed by atoms with Crippen molar-refractivity contribution in [2.45, 2.75) is 33.4 Å². The van der Waals surface area contributed by atoms with Gasteiger partial charge in [0, 0.05) is 55.5 Å². The fourth-order valence-corrected chi connectivity index (χ4v) is 4.31. The first kappa shape index (κ1) is 24.6. The van der Waals surface area contributed by atoms with E-state index in [-0.39, 0.29) is 11.6 Å². The Morgan fingerprint density at radius 3 is 2.30 bits per heavy atom. The van der Waals surface area contributed by atoms with Crippen molar-refractivity contribution < 1.29 is 18.3 Å². The fourth-order valence-electron chi connectivity index (χ4n) is 4.31. The third kappa shape index (κ3) is 5.14. The molecule has 1 aromatic heterocycles. The van der Waals surface area contributed by atoms with Crippen molar-refractivity contribution in [2.75, 3.05) is 39.3 Å². The van der Waals surface area contributed by atoms with Gasteiger partial charge in [-0.1, -0.05) is 6.58 Å². The number of methoxy groups -OCH3 is 2. The molecule has 0 aliphatic heterocycles. The maximum Gasteiger partial charge on any atom is 0.131 e. The summed E-state index contributed by atoms with van der Waals surface area (Å²) in [6, 6.07) is 5.92. The summed E-state index contributed by atoms with van der Waals surface area (Å²) in [5.74, 6) is 0.397. The van der Waals surface area contributed by atoms with E-state index in [2.05, 4.69) is 17.7 Å². The van der Waals surface area contributed by atoms with E-state index in [1.807, 2.05) is 30.4 Å². The number of nitrogens with zero attached hydrogens (tertiary/aromatic N) is 3. The average Bonchev–Trinajstić information content (AvgIpc) is 3.16. The molecule has 3 rings (SSSR count). The zero-order valence-corrected chi connectivity index (χ0v) is 20.1. The molecule has 0 saturated carbocycles. The Bertz CT molecular complexity index is 1130. The van der Waals surface area contributed by atoms with Crippen molar-refractivity contribution in [2.24, 2.45) is 0 Å². The van der Waals surface area contributed by atoms with Gasteiger partial charge in [0.1, 0.15) is 23.1 Å². The third-order valence-electron chi connectivity index (χ3n) is 5.98. The molecule has 2 aromatic carbocycles. The van der Waals surface area contributed by atoms with Crippen LogP contribution in [0.25, 0.3) is 10.9 Å². The lowest BCUT2D eigenvalue weighted by atomic mass is 10.1. The summed E-state index contributed by atoms with van der Waals surface area (Å²) in [7, 11) is 5.14. The quantitative estimate of drug-likeness (QED) is 0.375. The number of likely N-dealkylation sites (N-methyl/N-ethyl adjacent to an activating group) is 1. The number of fused-ring (bicyclic) bond motifs is 1. The number of anilines is 1. The van der Waals surface area contributed by atoms with Crippen molar-refractivity contribution in [1.82, 2.24) is 9.47 Å². The van der Waals surface area contributed by atoms with Crippen LogP contribution in [0.15, 0.2) is 43.2 Å². The Balaban J connectivity index is 1.88. The summed E-state index contributed by atoms with van der Waals surface area (Å²) < 4.78 is 41.3. The second-order valence-electron chi connectivity index (χ2n) is 8.00. The maximum absolute atomic E-state index is 14.2. The van der Waals surface area contributed by atoms with Gasteiger partial charge in [0.15, 0.2) is 0 Å². The fraction of sp³-hybridized carbons (Fsp3) is 0.385. The molecule has 0 atom stereocenters. The monoisotopic (exact) mass is 457 g/mol. The summed E-state index contributed by atoms with van der Waals surface area (Å²) >= 11 is 0. The molecule has 0 fully saturated rings. The first-order chi connectivity index (χ1) is 15.9. The molecule has 5 nitrogen and oxygen atoms in total. The molecule has 7 heteroatoms. The molecule has 0 unspecified atom stereocenters. The van der Waals surface area contributed by atoms with Gasteiger partial charge in [-0.2, -0.15) is 0 Å². The van der Waals surface area contributed by atoms with Crippen molar-refractivity contribution in [3.8, 4) is 11.5 Å². The maximum atomic E-state index is 14.2. The van der Waals surface area contributed by atoms with E-state index in [9.17, 15) is 8.78 Å². The third-order valence-corrected chi connectivity index (χ3v) is 5.98. The number of ether oxygens (including phenoxy) is 2. The van der Waals surface area contributed by atoms with Crippen LogP contribution in [0.4, 0.5) is 14.5 Å². The lowest BCUT2D eigenvalue weighted by molar-refractivity contribution is 0.320. The Morgan fingerprint density at radius 1 is 1.03 bits per heavy atom. The number of hydrogen-bond donors (Lipinski definition) is 0. The van der Waals surface area contributed by atoms with Crippen LogP contribution in [0.2, 0.25) is 0 Å². The highest BCUT2D eigenvalue weighted by Crippen LogP contribution is 2.34. The summed E-state index contributed by atoms with van der Waals surface area (Å²) in [6.45, 7) is 10.6. The molecule has 0 spiro atoms. The Labute approximate surface area is 194 Å². The smallest absolute Gasteiger partial charge is 0.131 e. The zero-order valence-electron chi connectivity index (χ0n) is 20.1. The van der Waals surface area contributed by atoms with Crippen LogP contribution in [-0.2, 0) is 19.5 Å². The van der Waals surface area contributed by atoms with Crippen LogP contribution >= 0.6 is 0 Å². The molecule has 3 aromatic rings. The van der Waals surface area contributed by atoms with Crippen molar-refractivity contribution in [3.05, 3.63) is 66.0 Å². The molecule has 0 bridgehead atoms. The SMILES string of the molecule is C=CN(CC)c1cc(F)cc(OC)c1CN(C)CCc1cn(CC)c2cc(F)cc(OC)c12. The minimum absolute atomic E-state index is 0.311. The summed E-state index contributed by atoms with van der Waals surface area (Å²) in [4.78, 5) is 4.07. The summed E-state index contributed by atoms with van der Waals surface area (Å²) in [6.07, 6.45) is 4.52. The number of aryl methyl sites for hydroxylation is 1. The summed E-state index contributed by atoms with van der Waals surface area (Å²) in [5.41, 5.74) is 3.58. The van der Waals surface area contributed by atoms with Crippen LogP contribution in [-0.4, -0.2) is 43.8 Å². The normalized spacial score (nSPS) is 11.3.